The molecule has 0 atom stereocenters. The number of urea groups is 1. The summed E-state index contributed by atoms with van der Waals surface area (Å²) < 4.78 is 33.7. The van der Waals surface area contributed by atoms with Crippen molar-refractivity contribution < 1.29 is 27.5 Å². The van der Waals surface area contributed by atoms with Gasteiger partial charge < -0.3 is 15.4 Å². The highest BCUT2D eigenvalue weighted by molar-refractivity contribution is 7.92. The topological polar surface area (TPSA) is 123 Å². The molecular weight excluding hydrogens is 530 g/mol. The van der Waals surface area contributed by atoms with Gasteiger partial charge in [-0.15, -0.1) is 0 Å². The van der Waals surface area contributed by atoms with Crippen LogP contribution in [-0.2, 0) is 15.4 Å². The smallest absolute Gasteiger partial charge is 0.323 e. The van der Waals surface area contributed by atoms with E-state index in [1.54, 1.807) is 41.4 Å². The van der Waals surface area contributed by atoms with Crippen molar-refractivity contribution in [3.63, 3.8) is 0 Å². The van der Waals surface area contributed by atoms with Gasteiger partial charge in [0.05, 0.1) is 30.4 Å². The molecule has 3 N–H and O–H groups in total. The van der Waals surface area contributed by atoms with E-state index in [9.17, 15) is 13.2 Å². The lowest BCUT2D eigenvalue weighted by Gasteiger charge is -2.24. The summed E-state index contributed by atoms with van der Waals surface area (Å²) in [6, 6.07) is 14.1. The van der Waals surface area contributed by atoms with Gasteiger partial charge in [0, 0.05) is 15.5 Å². The summed E-state index contributed by atoms with van der Waals surface area (Å²) in [5.41, 5.74) is 3.23. The molecule has 11 heteroatoms. The molecule has 40 heavy (non-hydrogen) atoms. The first-order valence-electron chi connectivity index (χ1n) is 12.6. The fraction of sp³-hybridized carbons (Fsp3) is 0.276. The molecule has 2 amide bonds. The fourth-order valence-electron chi connectivity index (χ4n) is 4.29. The number of benzene rings is 3. The lowest BCUT2D eigenvalue weighted by atomic mass is 9.86. The average Bonchev–Trinajstić information content (AvgIpc) is 2.83. The number of carbonyl (C=O) groups excluding carboxylic acids is 1. The Balaban J connectivity index is 1.66. The van der Waals surface area contributed by atoms with Gasteiger partial charge in [-0.05, 0) is 49.1 Å². The Kier molecular flexibility index (Phi) is 7.88. The summed E-state index contributed by atoms with van der Waals surface area (Å²) in [4.78, 5) is 23.7. The molecule has 210 valence electrons. The van der Waals surface area contributed by atoms with E-state index in [0.717, 1.165) is 34.0 Å². The predicted octanol–water partition coefficient (Wildman–Crippen LogP) is 5.30. The van der Waals surface area contributed by atoms with E-state index in [1.807, 2.05) is 58.9 Å². The molecule has 0 aliphatic carbocycles. The molecule has 0 bridgehead atoms. The summed E-state index contributed by atoms with van der Waals surface area (Å²) in [6.07, 6.45) is 4.63. The Morgan fingerprint density at radius 2 is 1.50 bits per heavy atom. The number of aryl methyl sites for hydroxylation is 2. The summed E-state index contributed by atoms with van der Waals surface area (Å²) in [5.74, 6) is 0.801. The first kappa shape index (κ1) is 28.6. The van der Waals surface area contributed by atoms with Crippen LogP contribution in [0.2, 0.25) is 0 Å². The molecule has 4 aromatic rings. The fourth-order valence-corrected chi connectivity index (χ4v) is 4.84. The summed E-state index contributed by atoms with van der Waals surface area (Å²) in [6.45, 7) is 9.76. The molecule has 0 aliphatic heterocycles. The molecule has 0 unspecified atom stereocenters. The van der Waals surface area contributed by atoms with Crippen LogP contribution >= 0.6 is 0 Å². The van der Waals surface area contributed by atoms with Crippen LogP contribution in [0, 0.1) is 13.8 Å². The van der Waals surface area contributed by atoms with Gasteiger partial charge in [-0.2, -0.15) is 0 Å². The molecule has 0 aliphatic rings. The zero-order chi connectivity index (χ0) is 29.2. The normalized spacial score (nSPS) is 11.7. The lowest BCUT2D eigenvalue weighted by Crippen LogP contribution is -2.40. The molecule has 0 saturated heterocycles. The SMILES string of the molecule is COc1c(NC(=O)Nc2ccc(O[n+]3cc(C)nc(C)c3)c3ccccc23)cc(C(C)(C)C)cc1NS(C)(=O)=O. The Morgan fingerprint density at radius 3 is 2.10 bits per heavy atom. The zero-order valence-electron chi connectivity index (χ0n) is 23.6. The first-order chi connectivity index (χ1) is 18.7. The molecule has 0 saturated carbocycles. The molecule has 0 spiro atoms. The minimum atomic E-state index is -3.60. The van der Waals surface area contributed by atoms with Crippen molar-refractivity contribution >= 4 is 43.9 Å². The van der Waals surface area contributed by atoms with E-state index in [4.69, 9.17) is 9.57 Å². The van der Waals surface area contributed by atoms with Crippen molar-refractivity contribution in [2.75, 3.05) is 28.7 Å². The molecule has 3 aromatic carbocycles. The van der Waals surface area contributed by atoms with Crippen molar-refractivity contribution in [1.29, 1.82) is 0 Å². The van der Waals surface area contributed by atoms with Crippen LogP contribution in [0.5, 0.6) is 11.5 Å². The third kappa shape index (κ3) is 6.78. The van der Waals surface area contributed by atoms with Crippen LogP contribution in [0.15, 0.2) is 60.9 Å². The third-order valence-electron chi connectivity index (χ3n) is 6.02. The number of ether oxygens (including phenoxy) is 1. The Bertz CT molecular complexity index is 1680. The number of carbonyl (C=O) groups is 1. The highest BCUT2D eigenvalue weighted by Crippen LogP contribution is 2.39. The Labute approximate surface area is 234 Å². The highest BCUT2D eigenvalue weighted by atomic mass is 32.2. The maximum atomic E-state index is 13.2. The largest absolute Gasteiger partial charge is 0.492 e. The quantitative estimate of drug-likeness (QED) is 0.262. The second-order valence-corrected chi connectivity index (χ2v) is 12.3. The van der Waals surface area contributed by atoms with Crippen molar-refractivity contribution in [2.24, 2.45) is 0 Å². The second-order valence-electron chi connectivity index (χ2n) is 10.6. The standard InChI is InChI=1S/C29H33N5O5S/c1-18-16-34(17-19(2)30-18)39-26-13-12-23(21-10-8-9-11-22(21)26)31-28(35)32-24-14-20(29(3,4)5)15-25(27(24)38-6)33-40(7,36)37/h8-17,33H,1-7H3,(H-,31,32,35)/p+1. The van der Waals surface area contributed by atoms with Crippen LogP contribution < -0.4 is 29.7 Å². The number of sulfonamides is 1. The Morgan fingerprint density at radius 1 is 0.900 bits per heavy atom. The van der Waals surface area contributed by atoms with E-state index in [2.05, 4.69) is 20.3 Å². The molecule has 4 rings (SSSR count). The molecule has 0 radical (unpaired) electrons. The van der Waals surface area contributed by atoms with Gasteiger partial charge in [-0.25, -0.2) is 23.0 Å². The van der Waals surface area contributed by atoms with E-state index < -0.39 is 16.1 Å². The number of fused-ring (bicyclic) bond motifs is 1. The summed E-state index contributed by atoms with van der Waals surface area (Å²) in [7, 11) is -2.18. The number of anilines is 3. The van der Waals surface area contributed by atoms with Gasteiger partial charge in [0.25, 0.3) is 0 Å². The van der Waals surface area contributed by atoms with Gasteiger partial charge in [-0.1, -0.05) is 45.0 Å². The van der Waals surface area contributed by atoms with Gasteiger partial charge >= 0.3 is 6.03 Å². The minimum absolute atomic E-state index is 0.196. The average molecular weight is 565 g/mol. The van der Waals surface area contributed by atoms with Gasteiger partial charge in [0.1, 0.15) is 11.4 Å². The monoisotopic (exact) mass is 564 g/mol. The van der Waals surface area contributed by atoms with E-state index in [-0.39, 0.29) is 16.9 Å². The van der Waals surface area contributed by atoms with Gasteiger partial charge in [0.2, 0.25) is 28.2 Å². The van der Waals surface area contributed by atoms with Crippen LogP contribution in [0.4, 0.5) is 21.9 Å². The van der Waals surface area contributed by atoms with Gasteiger partial charge in [0.15, 0.2) is 5.75 Å². The minimum Gasteiger partial charge on any atom is -0.492 e. The van der Waals surface area contributed by atoms with Crippen LogP contribution in [-0.4, -0.2) is 32.8 Å². The maximum Gasteiger partial charge on any atom is 0.323 e. The number of nitrogens with zero attached hydrogens (tertiary/aromatic N) is 2. The molecule has 1 aromatic heterocycles. The van der Waals surface area contributed by atoms with Gasteiger partial charge in [-0.3, -0.25) is 4.72 Å². The van der Waals surface area contributed by atoms with E-state index in [0.29, 0.717) is 17.1 Å². The van der Waals surface area contributed by atoms with Crippen LogP contribution in [0.1, 0.15) is 37.7 Å². The third-order valence-corrected chi connectivity index (χ3v) is 6.61. The Hall–Kier alpha value is -4.38. The number of amides is 2. The van der Waals surface area contributed by atoms with Crippen LogP contribution in [0.3, 0.4) is 0 Å². The molecule has 10 nitrogen and oxygen atoms in total. The van der Waals surface area contributed by atoms with Crippen molar-refractivity contribution in [3.05, 3.63) is 77.9 Å². The van der Waals surface area contributed by atoms with Crippen molar-refractivity contribution in [3.8, 4) is 11.5 Å². The zero-order valence-corrected chi connectivity index (χ0v) is 24.4. The highest BCUT2D eigenvalue weighted by Gasteiger charge is 2.22. The van der Waals surface area contributed by atoms with E-state index in [1.165, 1.54) is 7.11 Å². The number of hydrogen-bond donors (Lipinski definition) is 3. The maximum absolute atomic E-state index is 13.2. The van der Waals surface area contributed by atoms with Crippen LogP contribution in [0.25, 0.3) is 10.8 Å². The molecule has 0 fully saturated rings. The number of aromatic nitrogens is 2. The second kappa shape index (κ2) is 11.0. The number of methoxy groups -OCH3 is 1. The van der Waals surface area contributed by atoms with Crippen molar-refractivity contribution in [1.82, 2.24) is 4.98 Å². The first-order valence-corrected chi connectivity index (χ1v) is 14.5. The van der Waals surface area contributed by atoms with E-state index >= 15 is 0 Å². The predicted molar refractivity (Wildman–Crippen MR) is 157 cm³/mol. The van der Waals surface area contributed by atoms with Crippen molar-refractivity contribution in [2.45, 2.75) is 40.0 Å². The number of rotatable bonds is 7. The molecular formula is C29H34N5O5S+. The number of hydrogen-bond acceptors (Lipinski definition) is 6. The number of nitrogens with one attached hydrogen (secondary N) is 3. The lowest BCUT2D eigenvalue weighted by molar-refractivity contribution is -0.875. The molecule has 1 heterocycles. The summed E-state index contributed by atoms with van der Waals surface area (Å²) in [5, 5.41) is 7.30. The summed E-state index contributed by atoms with van der Waals surface area (Å²) >= 11 is 0.